The van der Waals surface area contributed by atoms with Gasteiger partial charge in [0.2, 0.25) is 0 Å². The molecule has 1 aliphatic heterocycles. The summed E-state index contributed by atoms with van der Waals surface area (Å²) in [4.78, 5) is 18.6. The molecule has 0 unspecified atom stereocenters. The number of nitrogens with zero attached hydrogens (tertiary/aromatic N) is 2. The maximum atomic E-state index is 12.4. The van der Waals surface area contributed by atoms with Gasteiger partial charge >= 0.3 is 0 Å². The van der Waals surface area contributed by atoms with Gasteiger partial charge in [0.15, 0.2) is 0 Å². The molecule has 1 fully saturated rings. The van der Waals surface area contributed by atoms with Crippen LogP contribution in [0.2, 0.25) is 0 Å². The number of hydrogen-bond acceptors (Lipinski definition) is 5. The Labute approximate surface area is 124 Å². The molecule has 6 heteroatoms. The van der Waals surface area contributed by atoms with Gasteiger partial charge in [-0.3, -0.25) is 4.79 Å². The van der Waals surface area contributed by atoms with E-state index in [1.165, 1.54) is 17.8 Å². The predicted molar refractivity (Wildman–Crippen MR) is 80.0 cm³/mol. The molecule has 1 aliphatic rings. The summed E-state index contributed by atoms with van der Waals surface area (Å²) in [6.07, 6.45) is 3.40. The number of thiazole rings is 1. The molecule has 1 aromatic heterocycles. The highest BCUT2D eigenvalue weighted by molar-refractivity contribution is 7.09. The molecule has 5 nitrogen and oxygen atoms in total. The van der Waals surface area contributed by atoms with Crippen molar-refractivity contribution in [3.05, 3.63) is 16.1 Å². The summed E-state index contributed by atoms with van der Waals surface area (Å²) in [5.74, 6) is 0.807. The Balaban J connectivity index is 1.84. The quantitative estimate of drug-likeness (QED) is 0.869. The van der Waals surface area contributed by atoms with Crippen molar-refractivity contribution in [2.45, 2.75) is 25.9 Å². The summed E-state index contributed by atoms with van der Waals surface area (Å²) < 4.78 is 5.04. The zero-order valence-electron chi connectivity index (χ0n) is 12.2. The van der Waals surface area contributed by atoms with Gasteiger partial charge in [-0.1, -0.05) is 0 Å². The summed E-state index contributed by atoms with van der Waals surface area (Å²) >= 11 is 1.49. The number of aromatic nitrogens is 1. The summed E-state index contributed by atoms with van der Waals surface area (Å²) in [7, 11) is 3.62. The molecule has 0 aliphatic carbocycles. The second kappa shape index (κ2) is 7.71. The largest absolute Gasteiger partial charge is 0.378 e. The molecule has 2 rings (SSSR count). The average Bonchev–Trinajstić information content (AvgIpc) is 2.94. The van der Waals surface area contributed by atoms with Crippen molar-refractivity contribution in [2.24, 2.45) is 5.92 Å². The fourth-order valence-electron chi connectivity index (χ4n) is 2.53. The van der Waals surface area contributed by atoms with Crippen LogP contribution in [0.25, 0.3) is 0 Å². The number of hydrogen-bond donors (Lipinski definition) is 1. The van der Waals surface area contributed by atoms with Crippen molar-refractivity contribution in [1.82, 2.24) is 15.2 Å². The van der Waals surface area contributed by atoms with Crippen LogP contribution in [-0.2, 0) is 11.3 Å². The van der Waals surface area contributed by atoms with Gasteiger partial charge in [0.1, 0.15) is 10.7 Å². The predicted octanol–water partition coefficient (Wildman–Crippen LogP) is 1.75. The van der Waals surface area contributed by atoms with E-state index in [2.05, 4.69) is 10.3 Å². The molecule has 20 heavy (non-hydrogen) atoms. The minimum absolute atomic E-state index is 0.0654. The third kappa shape index (κ3) is 4.01. The SMILES string of the molecule is CNCCC1CCN(C(=O)c2csc(COC)n2)CC1. The highest BCUT2D eigenvalue weighted by atomic mass is 32.1. The summed E-state index contributed by atoms with van der Waals surface area (Å²) in [5, 5.41) is 5.89. The molecule has 1 amide bonds. The van der Waals surface area contributed by atoms with E-state index in [1.807, 2.05) is 17.3 Å². The number of amides is 1. The zero-order chi connectivity index (χ0) is 14.4. The fourth-order valence-corrected chi connectivity index (χ4v) is 3.27. The lowest BCUT2D eigenvalue weighted by atomic mass is 9.93. The molecule has 0 atom stereocenters. The number of carbonyl (C=O) groups excluding carboxylic acids is 1. The van der Waals surface area contributed by atoms with Gasteiger partial charge in [-0.2, -0.15) is 0 Å². The van der Waals surface area contributed by atoms with E-state index in [4.69, 9.17) is 4.74 Å². The van der Waals surface area contributed by atoms with Crippen LogP contribution in [0.5, 0.6) is 0 Å². The topological polar surface area (TPSA) is 54.5 Å². The van der Waals surface area contributed by atoms with Crippen LogP contribution in [0.1, 0.15) is 34.8 Å². The standard InChI is InChI=1S/C14H23N3O2S/c1-15-6-3-11-4-7-17(8-5-11)14(18)12-10-20-13(16-12)9-19-2/h10-11,15H,3-9H2,1-2H3. The first-order chi connectivity index (χ1) is 9.74. The highest BCUT2D eigenvalue weighted by Crippen LogP contribution is 2.22. The molecule has 2 heterocycles. The first kappa shape index (κ1) is 15.4. The van der Waals surface area contributed by atoms with E-state index < -0.39 is 0 Å². The van der Waals surface area contributed by atoms with Crippen molar-refractivity contribution in [3.63, 3.8) is 0 Å². The second-order valence-corrected chi connectivity index (χ2v) is 6.13. The molecule has 0 radical (unpaired) electrons. The molecule has 1 aromatic rings. The van der Waals surface area contributed by atoms with Crippen LogP contribution >= 0.6 is 11.3 Å². The van der Waals surface area contributed by atoms with Crippen LogP contribution < -0.4 is 5.32 Å². The van der Waals surface area contributed by atoms with Crippen molar-refractivity contribution in [3.8, 4) is 0 Å². The lowest BCUT2D eigenvalue weighted by Crippen LogP contribution is -2.39. The first-order valence-corrected chi connectivity index (χ1v) is 7.99. The Morgan fingerprint density at radius 3 is 2.95 bits per heavy atom. The van der Waals surface area contributed by atoms with E-state index >= 15 is 0 Å². The van der Waals surface area contributed by atoms with Crippen molar-refractivity contribution in [2.75, 3.05) is 33.8 Å². The summed E-state index contributed by atoms with van der Waals surface area (Å²) in [6.45, 7) is 3.24. The molecule has 0 aromatic carbocycles. The van der Waals surface area contributed by atoms with Gasteiger partial charge in [-0.05, 0) is 38.8 Å². The van der Waals surface area contributed by atoms with E-state index in [-0.39, 0.29) is 5.91 Å². The van der Waals surface area contributed by atoms with Gasteiger partial charge in [0.05, 0.1) is 6.61 Å². The van der Waals surface area contributed by atoms with Gasteiger partial charge < -0.3 is 15.0 Å². The minimum atomic E-state index is 0.0654. The van der Waals surface area contributed by atoms with Gasteiger partial charge in [-0.25, -0.2) is 4.98 Å². The highest BCUT2D eigenvalue weighted by Gasteiger charge is 2.24. The monoisotopic (exact) mass is 297 g/mol. The summed E-state index contributed by atoms with van der Waals surface area (Å²) in [5.41, 5.74) is 0.565. The lowest BCUT2D eigenvalue weighted by Gasteiger charge is -2.31. The first-order valence-electron chi connectivity index (χ1n) is 7.11. The average molecular weight is 297 g/mol. The number of likely N-dealkylation sites (tertiary alicyclic amines) is 1. The normalized spacial score (nSPS) is 16.6. The number of carbonyl (C=O) groups is 1. The van der Waals surface area contributed by atoms with Gasteiger partial charge in [-0.15, -0.1) is 11.3 Å². The van der Waals surface area contributed by atoms with Crippen molar-refractivity contribution >= 4 is 17.2 Å². The third-order valence-corrected chi connectivity index (χ3v) is 4.57. The Morgan fingerprint density at radius 2 is 2.30 bits per heavy atom. The number of methoxy groups -OCH3 is 1. The number of ether oxygens (including phenoxy) is 1. The van der Waals surface area contributed by atoms with E-state index in [0.717, 1.165) is 43.4 Å². The van der Waals surface area contributed by atoms with Gasteiger partial charge in [0, 0.05) is 25.6 Å². The number of piperidine rings is 1. The third-order valence-electron chi connectivity index (χ3n) is 3.74. The summed E-state index contributed by atoms with van der Waals surface area (Å²) in [6, 6.07) is 0. The number of nitrogens with one attached hydrogen (secondary N) is 1. The molecular formula is C14H23N3O2S. The van der Waals surface area contributed by atoms with E-state index in [9.17, 15) is 4.79 Å². The zero-order valence-corrected chi connectivity index (χ0v) is 13.0. The Morgan fingerprint density at radius 1 is 1.55 bits per heavy atom. The Kier molecular flexibility index (Phi) is 5.94. The van der Waals surface area contributed by atoms with Crippen LogP contribution in [0, 0.1) is 5.92 Å². The molecule has 0 saturated carbocycles. The number of rotatable bonds is 6. The van der Waals surface area contributed by atoms with E-state index in [1.54, 1.807) is 7.11 Å². The molecule has 112 valence electrons. The molecular weight excluding hydrogens is 274 g/mol. The Bertz CT molecular complexity index is 428. The van der Waals surface area contributed by atoms with Crippen molar-refractivity contribution in [1.29, 1.82) is 0 Å². The fraction of sp³-hybridized carbons (Fsp3) is 0.714. The van der Waals surface area contributed by atoms with Crippen LogP contribution in [0.4, 0.5) is 0 Å². The van der Waals surface area contributed by atoms with Crippen LogP contribution in [0.3, 0.4) is 0 Å². The maximum Gasteiger partial charge on any atom is 0.273 e. The molecule has 0 spiro atoms. The molecule has 1 saturated heterocycles. The smallest absolute Gasteiger partial charge is 0.273 e. The molecule has 0 bridgehead atoms. The van der Waals surface area contributed by atoms with Gasteiger partial charge in [0.25, 0.3) is 5.91 Å². The Hall–Kier alpha value is -0.980. The van der Waals surface area contributed by atoms with E-state index in [0.29, 0.717) is 12.3 Å². The van der Waals surface area contributed by atoms with Crippen molar-refractivity contribution < 1.29 is 9.53 Å². The van der Waals surface area contributed by atoms with Crippen LogP contribution in [0.15, 0.2) is 5.38 Å². The molecule has 1 N–H and O–H groups in total. The lowest BCUT2D eigenvalue weighted by molar-refractivity contribution is 0.0681. The van der Waals surface area contributed by atoms with Crippen LogP contribution in [-0.4, -0.2) is 49.6 Å². The second-order valence-electron chi connectivity index (χ2n) is 5.19. The maximum absolute atomic E-state index is 12.4. The minimum Gasteiger partial charge on any atom is -0.378 e.